The molecule has 0 radical (unpaired) electrons. The van der Waals surface area contributed by atoms with Gasteiger partial charge in [-0.1, -0.05) is 0 Å². The van der Waals surface area contributed by atoms with E-state index < -0.39 is 16.7 Å². The first-order chi connectivity index (χ1) is 12.9. The molecule has 0 unspecified atom stereocenters. The van der Waals surface area contributed by atoms with Crippen molar-refractivity contribution in [3.05, 3.63) is 26.6 Å². The fourth-order valence-corrected chi connectivity index (χ4v) is 7.20. The van der Waals surface area contributed by atoms with E-state index in [-0.39, 0.29) is 21.1 Å². The van der Waals surface area contributed by atoms with Crippen molar-refractivity contribution in [1.82, 2.24) is 28.0 Å². The van der Waals surface area contributed by atoms with Gasteiger partial charge in [-0.05, 0) is 0 Å². The Hall–Kier alpha value is 0.268. The van der Waals surface area contributed by atoms with Crippen molar-refractivity contribution in [2.45, 2.75) is 0 Å². The zero-order chi connectivity index (χ0) is 24.6. The molecule has 0 saturated carbocycles. The average molecular weight is 624 g/mol. The van der Waals surface area contributed by atoms with Crippen LogP contribution in [0.15, 0.2) is 0 Å². The summed E-state index contributed by atoms with van der Waals surface area (Å²) in [5, 5.41) is 0. The summed E-state index contributed by atoms with van der Waals surface area (Å²) < 4.78 is 43.6. The molecule has 0 atom stereocenters. The van der Waals surface area contributed by atoms with Gasteiger partial charge in [0.15, 0.2) is 0 Å². The SMILES string of the molecule is CN(C)[PH+](N(C)C)N(C)C.CN(C)[PH+](N(C)C)N(C)C.[C-]#[O+].[C-]#[O+].[C-]#[O+].[C-]#[O+].[W]. The first-order valence-electron chi connectivity index (χ1n) is 7.52. The molecule has 0 aliphatic carbocycles. The van der Waals surface area contributed by atoms with E-state index in [1.54, 1.807) is 0 Å². The first kappa shape index (κ1) is 47.2. The molecule has 0 aliphatic rings. The van der Waals surface area contributed by atoms with E-state index in [0.717, 1.165) is 0 Å². The molecule has 0 spiro atoms. The topological polar surface area (TPSA) is 99.0 Å². The fraction of sp³-hybridized carbons (Fsp3) is 0.750. The van der Waals surface area contributed by atoms with Gasteiger partial charge in [0, 0.05) is 106 Å². The van der Waals surface area contributed by atoms with Crippen LogP contribution in [0, 0.1) is 26.6 Å². The van der Waals surface area contributed by atoms with Crippen molar-refractivity contribution in [3.8, 4) is 0 Å². The molecule has 0 bridgehead atoms. The summed E-state index contributed by atoms with van der Waals surface area (Å²) in [6, 6.07) is 0. The van der Waals surface area contributed by atoms with Gasteiger partial charge < -0.3 is 0 Å². The minimum Gasteiger partial charge on any atom is 0 e. The minimum atomic E-state index is -0.596. The van der Waals surface area contributed by atoms with Crippen molar-refractivity contribution < 1.29 is 39.7 Å². The molecule has 0 aliphatic heterocycles. The normalized spacial score (nSPS) is 8.97. The van der Waals surface area contributed by atoms with Gasteiger partial charge in [0.2, 0.25) is 16.7 Å². The molecule has 0 aromatic rings. The zero-order valence-corrected chi connectivity index (χ0v) is 24.7. The molecule has 10 nitrogen and oxygen atoms in total. The molecule has 13 heteroatoms. The summed E-state index contributed by atoms with van der Waals surface area (Å²) in [5.41, 5.74) is 0. The number of hydrogen-bond donors (Lipinski definition) is 0. The summed E-state index contributed by atoms with van der Waals surface area (Å²) in [5.74, 6) is 0. The molecular formula is C16H38N6O4P2W+2. The van der Waals surface area contributed by atoms with Gasteiger partial charge in [-0.3, -0.25) is 0 Å². The van der Waals surface area contributed by atoms with E-state index in [0.29, 0.717) is 0 Å². The summed E-state index contributed by atoms with van der Waals surface area (Å²) >= 11 is 0. The fourth-order valence-electron chi connectivity index (χ4n) is 2.40. The van der Waals surface area contributed by atoms with Gasteiger partial charge in [-0.2, -0.15) is 28.0 Å². The van der Waals surface area contributed by atoms with Crippen molar-refractivity contribution >= 4 is 16.7 Å². The van der Waals surface area contributed by atoms with Gasteiger partial charge in [0.05, 0.1) is 0 Å². The second-order valence-electron chi connectivity index (χ2n) is 5.97. The van der Waals surface area contributed by atoms with Crippen LogP contribution in [0.1, 0.15) is 0 Å². The van der Waals surface area contributed by atoms with Gasteiger partial charge >= 0.3 is 45.2 Å². The summed E-state index contributed by atoms with van der Waals surface area (Å²) in [6.45, 7) is 18.0. The Morgan fingerprint density at radius 3 is 0.414 bits per heavy atom. The van der Waals surface area contributed by atoms with E-state index in [2.05, 4.69) is 139 Å². The molecular weight excluding hydrogens is 586 g/mol. The maximum Gasteiger partial charge on any atom is 0 e. The van der Waals surface area contributed by atoms with E-state index in [1.807, 2.05) is 0 Å². The molecule has 0 amide bonds. The monoisotopic (exact) mass is 624 g/mol. The molecule has 170 valence electrons. The molecule has 0 N–H and O–H groups in total. The van der Waals surface area contributed by atoms with Crippen LogP contribution in [-0.4, -0.2) is 113 Å². The summed E-state index contributed by atoms with van der Waals surface area (Å²) in [7, 11) is 24.2. The van der Waals surface area contributed by atoms with E-state index in [4.69, 9.17) is 18.6 Å². The maximum atomic E-state index is 7.50. The summed E-state index contributed by atoms with van der Waals surface area (Å²) in [6.07, 6.45) is 0. The van der Waals surface area contributed by atoms with E-state index >= 15 is 0 Å². The van der Waals surface area contributed by atoms with Gasteiger partial charge in [-0.15, -0.1) is 0 Å². The third-order valence-corrected chi connectivity index (χ3v) is 7.20. The van der Waals surface area contributed by atoms with Gasteiger partial charge in [0.1, 0.15) is 0 Å². The second kappa shape index (κ2) is 35.7. The Kier molecular flexibility index (Phi) is 58.0. The van der Waals surface area contributed by atoms with Crippen LogP contribution in [0.4, 0.5) is 0 Å². The van der Waals surface area contributed by atoms with E-state index in [9.17, 15) is 0 Å². The standard InChI is InChI=1S/2C6H18N3P.4CO.W/c2*1-7(2)10(8(3)4)9(5)6;4*1-2;/h2*1-6H3;;;;;/p+2. The number of rotatable bonds is 6. The molecule has 0 aromatic heterocycles. The Morgan fingerprint density at radius 1 is 0.345 bits per heavy atom. The summed E-state index contributed by atoms with van der Waals surface area (Å²) in [4.78, 5) is 0. The average Bonchev–Trinajstić information content (AvgIpc) is 2.60. The smallest absolute Gasteiger partial charge is 0 e. The van der Waals surface area contributed by atoms with Crippen LogP contribution >= 0.6 is 16.7 Å². The van der Waals surface area contributed by atoms with Crippen LogP contribution in [-0.2, 0) is 39.7 Å². The van der Waals surface area contributed by atoms with Crippen molar-refractivity contribution in [2.75, 3.05) is 84.6 Å². The van der Waals surface area contributed by atoms with E-state index in [1.165, 1.54) is 0 Å². The molecule has 0 aromatic carbocycles. The Balaban J connectivity index is -0.0000000482. The van der Waals surface area contributed by atoms with Crippen LogP contribution < -0.4 is 0 Å². The molecule has 0 rings (SSSR count). The molecule has 0 heterocycles. The first-order valence-corrected chi connectivity index (χ1v) is 10.2. The second-order valence-corrected chi connectivity index (χ2v) is 12.5. The van der Waals surface area contributed by atoms with Crippen molar-refractivity contribution in [1.29, 1.82) is 0 Å². The van der Waals surface area contributed by atoms with Gasteiger partial charge in [0.25, 0.3) is 0 Å². The van der Waals surface area contributed by atoms with Crippen molar-refractivity contribution in [3.63, 3.8) is 0 Å². The molecule has 0 saturated heterocycles. The Bertz CT molecular complexity index is 307. The number of hydrogen-bond acceptors (Lipinski definition) is 6. The van der Waals surface area contributed by atoms with Crippen LogP contribution in [0.25, 0.3) is 0 Å². The minimum absolute atomic E-state index is 0. The number of nitrogens with zero attached hydrogens (tertiary/aromatic N) is 6. The third kappa shape index (κ3) is 33.1. The van der Waals surface area contributed by atoms with Crippen molar-refractivity contribution in [2.24, 2.45) is 0 Å². The predicted molar refractivity (Wildman–Crippen MR) is 114 cm³/mol. The Labute approximate surface area is 195 Å². The predicted octanol–water partition coefficient (Wildman–Crippen LogP) is 1.11. The third-order valence-electron chi connectivity index (χ3n) is 2.40. The quantitative estimate of drug-likeness (QED) is 0.250. The van der Waals surface area contributed by atoms with Gasteiger partial charge in [-0.25, -0.2) is 0 Å². The Morgan fingerprint density at radius 2 is 0.414 bits per heavy atom. The maximum absolute atomic E-state index is 7.50. The molecule has 0 fully saturated rings. The van der Waals surface area contributed by atoms with Crippen LogP contribution in [0.5, 0.6) is 0 Å². The largest absolute Gasteiger partial charge is 0 e. The van der Waals surface area contributed by atoms with Crippen LogP contribution in [0.3, 0.4) is 0 Å². The zero-order valence-electron chi connectivity index (χ0n) is 19.7. The molecule has 29 heavy (non-hydrogen) atoms. The van der Waals surface area contributed by atoms with Crippen LogP contribution in [0.2, 0.25) is 0 Å².